The van der Waals surface area contributed by atoms with Gasteiger partial charge in [-0.05, 0) is 51.4 Å². The standard InChI is InChI=1S/2C12H23O2PS2.Co/c2*16-15(17,13-11-7-3-1-4-8-11)14-12-9-5-2-6-10-12;/h2*11-12H,1-10H2,(H,16,17);/q;;+2/p-2. The van der Waals surface area contributed by atoms with Crippen LogP contribution >= 0.6 is 11.4 Å². The third kappa shape index (κ3) is 14.5. The van der Waals surface area contributed by atoms with Crippen molar-refractivity contribution in [1.29, 1.82) is 0 Å². The van der Waals surface area contributed by atoms with Gasteiger partial charge in [0, 0.05) is 0 Å². The average molecular weight is 646 g/mol. The van der Waals surface area contributed by atoms with Crippen LogP contribution in [-0.2, 0) is 83.0 Å². The van der Waals surface area contributed by atoms with Gasteiger partial charge in [-0.25, -0.2) is 0 Å². The van der Waals surface area contributed by atoms with E-state index in [9.17, 15) is 0 Å². The number of rotatable bonds is 8. The van der Waals surface area contributed by atoms with Gasteiger partial charge in [-0.1, -0.05) is 101 Å². The topological polar surface area (TPSA) is 36.9 Å². The van der Waals surface area contributed by atoms with Crippen LogP contribution in [0.1, 0.15) is 128 Å². The fourth-order valence-corrected chi connectivity index (χ4v) is 10.8. The SMILES string of the molecule is S=P([S-])(OC1CCCCC1)OC1CCCCC1.S=P([S-])(OC1CCCCC1)OC1CCCCC1.[Co+2]. The van der Waals surface area contributed by atoms with E-state index < -0.39 is 11.4 Å². The molecule has 0 amide bonds. The largest absolute Gasteiger partial charge is 2.00 e. The molecule has 4 aliphatic carbocycles. The molecule has 0 atom stereocenters. The summed E-state index contributed by atoms with van der Waals surface area (Å²) in [5, 5.41) is 0. The van der Waals surface area contributed by atoms with E-state index in [0.717, 1.165) is 51.4 Å². The third-order valence-electron chi connectivity index (χ3n) is 7.32. The minimum absolute atomic E-state index is 0. The van der Waals surface area contributed by atoms with Crippen molar-refractivity contribution in [2.75, 3.05) is 0 Å². The van der Waals surface area contributed by atoms with Gasteiger partial charge in [0.05, 0.1) is 35.8 Å². The second-order valence-corrected chi connectivity index (χ2v) is 20.1. The van der Waals surface area contributed by atoms with Crippen molar-refractivity contribution in [3.63, 3.8) is 0 Å². The predicted octanol–water partition coefficient (Wildman–Crippen LogP) is 8.91. The van der Waals surface area contributed by atoms with Crippen LogP contribution in [0.5, 0.6) is 0 Å². The van der Waals surface area contributed by atoms with Crippen LogP contribution < -0.4 is 0 Å². The van der Waals surface area contributed by atoms with Crippen LogP contribution in [0.15, 0.2) is 0 Å². The summed E-state index contributed by atoms with van der Waals surface area (Å²) < 4.78 is 23.6. The van der Waals surface area contributed by atoms with E-state index in [-0.39, 0.29) is 41.2 Å². The molecule has 0 spiro atoms. The van der Waals surface area contributed by atoms with Crippen LogP contribution in [0.25, 0.3) is 0 Å². The van der Waals surface area contributed by atoms with Gasteiger partial charge in [0.25, 0.3) is 0 Å². The van der Waals surface area contributed by atoms with Gasteiger partial charge in [0.1, 0.15) is 0 Å². The van der Waals surface area contributed by atoms with E-state index in [1.165, 1.54) is 77.0 Å². The smallest absolute Gasteiger partial charge is 0.691 e. The molecule has 0 heterocycles. The third-order valence-corrected chi connectivity index (χ3v) is 11.6. The number of hydrogen-bond donors (Lipinski definition) is 0. The molecular weight excluding hydrogens is 601 g/mol. The maximum atomic E-state index is 5.90. The second-order valence-electron chi connectivity index (χ2n) is 10.4. The Morgan fingerprint density at radius 2 is 0.571 bits per heavy atom. The maximum Gasteiger partial charge on any atom is 2.00 e. The fourth-order valence-electron chi connectivity index (χ4n) is 5.46. The van der Waals surface area contributed by atoms with Crippen molar-refractivity contribution < 1.29 is 34.9 Å². The normalized spacial score (nSPS) is 24.3. The summed E-state index contributed by atoms with van der Waals surface area (Å²) in [5.74, 6) is 0. The molecule has 0 aromatic rings. The van der Waals surface area contributed by atoms with E-state index in [1.54, 1.807) is 0 Å². The molecule has 1 radical (unpaired) electrons. The predicted molar refractivity (Wildman–Crippen MR) is 155 cm³/mol. The molecule has 11 heteroatoms. The Bertz CT molecular complexity index is 562. The summed E-state index contributed by atoms with van der Waals surface area (Å²) in [6.45, 7) is 0. The van der Waals surface area contributed by atoms with Crippen molar-refractivity contribution in [2.24, 2.45) is 0 Å². The van der Waals surface area contributed by atoms with Crippen LogP contribution in [0, 0.1) is 0 Å². The Balaban J connectivity index is 0.000000240. The van der Waals surface area contributed by atoms with E-state index in [4.69, 9.17) is 66.2 Å². The van der Waals surface area contributed by atoms with Crippen LogP contribution in [0.4, 0.5) is 0 Å². The Morgan fingerprint density at radius 3 is 0.743 bits per heavy atom. The summed E-state index contributed by atoms with van der Waals surface area (Å²) in [4.78, 5) is 0. The summed E-state index contributed by atoms with van der Waals surface area (Å²) >= 11 is 21.5. The summed E-state index contributed by atoms with van der Waals surface area (Å²) in [6, 6.07) is 0. The minimum atomic E-state index is -2.41. The van der Waals surface area contributed by atoms with Crippen LogP contribution in [0.2, 0.25) is 0 Å². The van der Waals surface area contributed by atoms with Crippen LogP contribution in [-0.4, -0.2) is 24.4 Å². The van der Waals surface area contributed by atoms with E-state index in [2.05, 4.69) is 0 Å². The molecule has 4 saturated carbocycles. The molecule has 4 aliphatic rings. The zero-order valence-corrected chi connectivity index (χ0v) is 27.0. The van der Waals surface area contributed by atoms with E-state index in [1.807, 2.05) is 0 Å². The zero-order valence-electron chi connectivity index (χ0n) is 20.9. The molecule has 4 fully saturated rings. The summed E-state index contributed by atoms with van der Waals surface area (Å²) in [6.07, 6.45) is 25.3. The van der Waals surface area contributed by atoms with Crippen LogP contribution in [0.3, 0.4) is 0 Å². The van der Waals surface area contributed by atoms with Crippen molar-refractivity contribution in [1.82, 2.24) is 0 Å². The monoisotopic (exact) mass is 645 g/mol. The number of hydrogen-bond acceptors (Lipinski definition) is 8. The van der Waals surface area contributed by atoms with Gasteiger partial charge >= 0.3 is 16.8 Å². The molecular formula is C24H44CoO4P2S4. The van der Waals surface area contributed by atoms with Gasteiger partial charge in [0.2, 0.25) is 0 Å². The zero-order chi connectivity index (χ0) is 24.3. The van der Waals surface area contributed by atoms with Crippen molar-refractivity contribution in [3.8, 4) is 0 Å². The second kappa shape index (κ2) is 17.9. The van der Waals surface area contributed by atoms with Gasteiger partial charge in [0.15, 0.2) is 0 Å². The van der Waals surface area contributed by atoms with Crippen molar-refractivity contribution in [2.45, 2.75) is 153 Å². The Morgan fingerprint density at radius 1 is 0.400 bits per heavy atom. The Labute approximate surface area is 245 Å². The first-order chi connectivity index (χ1) is 16.3. The van der Waals surface area contributed by atoms with E-state index >= 15 is 0 Å². The maximum absolute atomic E-state index is 5.90. The molecule has 35 heavy (non-hydrogen) atoms. The fraction of sp³-hybridized carbons (Fsp3) is 1.00. The summed E-state index contributed by atoms with van der Waals surface area (Å²) in [7, 11) is 0. The molecule has 0 aliphatic heterocycles. The average Bonchev–Trinajstić information content (AvgIpc) is 2.81. The molecule has 0 aromatic carbocycles. The van der Waals surface area contributed by atoms with Gasteiger partial charge in [-0.15, -0.1) is 0 Å². The molecule has 4 rings (SSSR count). The van der Waals surface area contributed by atoms with Gasteiger partial charge < -0.3 is 42.6 Å². The van der Waals surface area contributed by atoms with Crippen molar-refractivity contribution in [3.05, 3.63) is 0 Å². The molecule has 0 saturated heterocycles. The van der Waals surface area contributed by atoms with E-state index in [0.29, 0.717) is 0 Å². The van der Waals surface area contributed by atoms with Gasteiger partial charge in [-0.2, -0.15) is 0 Å². The van der Waals surface area contributed by atoms with Crippen molar-refractivity contribution >= 4 is 59.5 Å². The molecule has 0 unspecified atom stereocenters. The molecule has 0 N–H and O–H groups in total. The Kier molecular flexibility index (Phi) is 17.2. The summed E-state index contributed by atoms with van der Waals surface area (Å²) in [5.41, 5.74) is -4.83. The van der Waals surface area contributed by atoms with Gasteiger partial charge in [-0.3, -0.25) is 0 Å². The minimum Gasteiger partial charge on any atom is -0.691 e. The molecule has 4 nitrogen and oxygen atoms in total. The molecule has 0 aromatic heterocycles. The first-order valence-corrected chi connectivity index (χ1v) is 21.0. The molecule has 207 valence electrons. The quantitative estimate of drug-likeness (QED) is 0.191. The Hall–Kier alpha value is 2.35. The first kappa shape index (κ1) is 33.6. The molecule has 0 bridgehead atoms. The first-order valence-electron chi connectivity index (χ1n) is 13.7.